The van der Waals surface area contributed by atoms with Gasteiger partial charge in [0.1, 0.15) is 0 Å². The first-order valence-electron chi connectivity index (χ1n) is 6.59. The van der Waals surface area contributed by atoms with Crippen molar-refractivity contribution in [3.63, 3.8) is 0 Å². The summed E-state index contributed by atoms with van der Waals surface area (Å²) < 4.78 is 0. The lowest BCUT2D eigenvalue weighted by molar-refractivity contribution is 0.559. The zero-order valence-electron chi connectivity index (χ0n) is 11.1. The lowest BCUT2D eigenvalue weighted by Crippen LogP contribution is -2.26. The molecule has 2 unspecified atom stereocenters. The molecule has 17 heavy (non-hydrogen) atoms. The Labute approximate surface area is 109 Å². The zero-order chi connectivity index (χ0) is 12.3. The maximum absolute atomic E-state index is 3.67. The summed E-state index contributed by atoms with van der Waals surface area (Å²) in [5.74, 6) is 1.35. The van der Waals surface area contributed by atoms with Gasteiger partial charge in [-0.2, -0.15) is 11.8 Å². The van der Waals surface area contributed by atoms with Crippen molar-refractivity contribution in [3.8, 4) is 0 Å². The molecule has 2 atom stereocenters. The second-order valence-electron chi connectivity index (χ2n) is 5.11. The third-order valence-corrected chi connectivity index (χ3v) is 5.10. The monoisotopic (exact) mass is 249 g/mol. The molecule has 2 heteroatoms. The Kier molecular flexibility index (Phi) is 4.52. The highest BCUT2D eigenvalue weighted by molar-refractivity contribution is 8.00. The van der Waals surface area contributed by atoms with Gasteiger partial charge >= 0.3 is 0 Å². The van der Waals surface area contributed by atoms with Crippen molar-refractivity contribution in [2.75, 3.05) is 12.3 Å². The Morgan fingerprint density at radius 2 is 2.18 bits per heavy atom. The van der Waals surface area contributed by atoms with Gasteiger partial charge in [0, 0.05) is 17.8 Å². The van der Waals surface area contributed by atoms with Crippen LogP contribution in [0.3, 0.4) is 0 Å². The minimum Gasteiger partial charge on any atom is -0.309 e. The fraction of sp³-hybridized carbons (Fsp3) is 0.600. The Hall–Kier alpha value is -0.470. The van der Waals surface area contributed by atoms with Crippen LogP contribution in [0, 0.1) is 13.8 Å². The fourth-order valence-corrected chi connectivity index (χ4v) is 3.48. The van der Waals surface area contributed by atoms with Gasteiger partial charge in [0.2, 0.25) is 0 Å². The SMILES string of the molecule is Cc1ccc(C(C)NCC2CCCS2)cc1C. The smallest absolute Gasteiger partial charge is 0.0292 e. The van der Waals surface area contributed by atoms with Crippen LogP contribution < -0.4 is 5.32 Å². The van der Waals surface area contributed by atoms with Gasteiger partial charge in [-0.3, -0.25) is 0 Å². The molecule has 0 amide bonds. The van der Waals surface area contributed by atoms with E-state index in [1.807, 2.05) is 0 Å². The summed E-state index contributed by atoms with van der Waals surface area (Å²) in [5, 5.41) is 4.50. The third kappa shape index (κ3) is 3.49. The molecule has 0 aliphatic carbocycles. The van der Waals surface area contributed by atoms with Crippen molar-refractivity contribution in [2.24, 2.45) is 0 Å². The first kappa shape index (κ1) is 13.0. The Morgan fingerprint density at radius 1 is 1.35 bits per heavy atom. The molecule has 1 aliphatic heterocycles. The quantitative estimate of drug-likeness (QED) is 0.870. The van der Waals surface area contributed by atoms with Gasteiger partial charge in [0.25, 0.3) is 0 Å². The van der Waals surface area contributed by atoms with E-state index in [9.17, 15) is 0 Å². The van der Waals surface area contributed by atoms with Crippen molar-refractivity contribution in [1.82, 2.24) is 5.32 Å². The summed E-state index contributed by atoms with van der Waals surface area (Å²) in [6, 6.07) is 7.26. The molecular weight excluding hydrogens is 226 g/mol. The van der Waals surface area contributed by atoms with Crippen LogP contribution in [-0.2, 0) is 0 Å². The normalized spacial score (nSPS) is 21.7. The van der Waals surface area contributed by atoms with E-state index in [0.717, 1.165) is 11.8 Å². The molecule has 1 aromatic carbocycles. The predicted octanol–water partition coefficient (Wildman–Crippen LogP) is 3.85. The van der Waals surface area contributed by atoms with Crippen molar-refractivity contribution in [1.29, 1.82) is 0 Å². The summed E-state index contributed by atoms with van der Waals surface area (Å²) in [6.07, 6.45) is 2.78. The molecule has 94 valence electrons. The molecule has 1 nitrogen and oxygen atoms in total. The lowest BCUT2D eigenvalue weighted by Gasteiger charge is -2.18. The second kappa shape index (κ2) is 5.92. The van der Waals surface area contributed by atoms with Gasteiger partial charge in [-0.15, -0.1) is 0 Å². The first-order valence-corrected chi connectivity index (χ1v) is 7.64. The van der Waals surface area contributed by atoms with Crippen molar-refractivity contribution < 1.29 is 0 Å². The molecule has 1 saturated heterocycles. The van der Waals surface area contributed by atoms with Crippen molar-refractivity contribution in [3.05, 3.63) is 34.9 Å². The standard InChI is InChI=1S/C15H23NS/c1-11-6-7-14(9-12(11)2)13(3)16-10-15-5-4-8-17-15/h6-7,9,13,15-16H,4-5,8,10H2,1-3H3. The predicted molar refractivity (Wildman–Crippen MR) is 77.8 cm³/mol. The number of aryl methyl sites for hydroxylation is 2. The number of nitrogens with one attached hydrogen (secondary N) is 1. The molecule has 1 fully saturated rings. The van der Waals surface area contributed by atoms with Crippen molar-refractivity contribution in [2.45, 2.75) is 44.9 Å². The molecule has 0 radical (unpaired) electrons. The minimum atomic E-state index is 0.468. The summed E-state index contributed by atoms with van der Waals surface area (Å²) in [4.78, 5) is 0. The van der Waals surface area contributed by atoms with Crippen LogP contribution in [0.2, 0.25) is 0 Å². The molecule has 1 aromatic rings. The van der Waals surface area contributed by atoms with Crippen LogP contribution in [0.15, 0.2) is 18.2 Å². The van der Waals surface area contributed by atoms with E-state index in [4.69, 9.17) is 0 Å². The van der Waals surface area contributed by atoms with Crippen LogP contribution >= 0.6 is 11.8 Å². The average molecular weight is 249 g/mol. The molecule has 1 aliphatic rings. The zero-order valence-corrected chi connectivity index (χ0v) is 11.9. The molecule has 0 bridgehead atoms. The summed E-state index contributed by atoms with van der Waals surface area (Å²) in [7, 11) is 0. The molecule has 1 heterocycles. The fourth-order valence-electron chi connectivity index (χ4n) is 2.27. The minimum absolute atomic E-state index is 0.468. The van der Waals surface area contributed by atoms with Gasteiger partial charge in [0.05, 0.1) is 0 Å². The summed E-state index contributed by atoms with van der Waals surface area (Å²) >= 11 is 2.12. The van der Waals surface area contributed by atoms with Gasteiger partial charge < -0.3 is 5.32 Å². The molecule has 1 N–H and O–H groups in total. The van der Waals surface area contributed by atoms with Gasteiger partial charge in [-0.25, -0.2) is 0 Å². The molecular formula is C15H23NS. The van der Waals surface area contributed by atoms with Crippen LogP contribution in [0.25, 0.3) is 0 Å². The highest BCUT2D eigenvalue weighted by Gasteiger charge is 2.16. The number of rotatable bonds is 4. The van der Waals surface area contributed by atoms with Gasteiger partial charge in [-0.05, 0) is 56.1 Å². The number of hydrogen-bond acceptors (Lipinski definition) is 2. The highest BCUT2D eigenvalue weighted by Crippen LogP contribution is 2.26. The number of thioether (sulfide) groups is 1. The Balaban J connectivity index is 1.89. The number of benzene rings is 1. The highest BCUT2D eigenvalue weighted by atomic mass is 32.2. The largest absolute Gasteiger partial charge is 0.309 e. The van der Waals surface area contributed by atoms with E-state index in [1.54, 1.807) is 0 Å². The third-order valence-electron chi connectivity index (χ3n) is 3.71. The second-order valence-corrected chi connectivity index (χ2v) is 6.52. The average Bonchev–Trinajstić information content (AvgIpc) is 2.82. The molecule has 0 spiro atoms. The van der Waals surface area contributed by atoms with E-state index in [2.05, 4.69) is 56.0 Å². The number of hydrogen-bond donors (Lipinski definition) is 1. The van der Waals surface area contributed by atoms with E-state index >= 15 is 0 Å². The van der Waals surface area contributed by atoms with Crippen LogP contribution in [-0.4, -0.2) is 17.5 Å². The van der Waals surface area contributed by atoms with Gasteiger partial charge in [-0.1, -0.05) is 18.2 Å². The topological polar surface area (TPSA) is 12.0 Å². The maximum Gasteiger partial charge on any atom is 0.0292 e. The van der Waals surface area contributed by atoms with Crippen LogP contribution in [0.5, 0.6) is 0 Å². The Bertz CT molecular complexity index is 369. The Morgan fingerprint density at radius 3 is 2.82 bits per heavy atom. The van der Waals surface area contributed by atoms with Crippen LogP contribution in [0.1, 0.15) is 42.5 Å². The van der Waals surface area contributed by atoms with E-state index in [0.29, 0.717) is 6.04 Å². The molecule has 2 rings (SSSR count). The van der Waals surface area contributed by atoms with E-state index in [-0.39, 0.29) is 0 Å². The molecule has 0 aromatic heterocycles. The van der Waals surface area contributed by atoms with E-state index < -0.39 is 0 Å². The summed E-state index contributed by atoms with van der Waals surface area (Å²) in [5.41, 5.74) is 4.19. The summed E-state index contributed by atoms with van der Waals surface area (Å²) in [6.45, 7) is 7.78. The lowest BCUT2D eigenvalue weighted by atomic mass is 10.0. The van der Waals surface area contributed by atoms with Crippen LogP contribution in [0.4, 0.5) is 0 Å². The van der Waals surface area contributed by atoms with Gasteiger partial charge in [0.15, 0.2) is 0 Å². The maximum atomic E-state index is 3.67. The molecule has 0 saturated carbocycles. The first-order chi connectivity index (χ1) is 8.16. The van der Waals surface area contributed by atoms with E-state index in [1.165, 1.54) is 35.3 Å². The van der Waals surface area contributed by atoms with Crippen molar-refractivity contribution >= 4 is 11.8 Å².